The normalized spacial score (nSPS) is 17.2. The number of aliphatic hydroxyl groups excluding tert-OH is 1. The molecular formula is C28H30FN5O5S. The van der Waals surface area contributed by atoms with E-state index in [9.17, 15) is 23.9 Å². The van der Waals surface area contributed by atoms with Crippen LogP contribution >= 0.6 is 11.3 Å². The van der Waals surface area contributed by atoms with Gasteiger partial charge in [0.05, 0.1) is 25.2 Å². The lowest BCUT2D eigenvalue weighted by molar-refractivity contribution is -0.140. The summed E-state index contributed by atoms with van der Waals surface area (Å²) in [6.07, 6.45) is 0.827. The molecule has 2 aromatic carbocycles. The summed E-state index contributed by atoms with van der Waals surface area (Å²) in [6, 6.07) is 11.8. The van der Waals surface area contributed by atoms with Crippen LogP contribution in [0.25, 0.3) is 0 Å². The number of nitrogens with one attached hydrogen (secondary N) is 3. The SMILES string of the molecule is C[C@@H](NC(=O)[C@@H]1CC[C@@H](CO)N1C(=O)CNC(=O)c1ccc(Oc2ccc(F)cc2)cc1)c1cc(C(=N)N)cs1. The molecule has 1 aliphatic rings. The van der Waals surface area contributed by atoms with Crippen LogP contribution in [0.1, 0.15) is 46.6 Å². The first-order chi connectivity index (χ1) is 19.2. The minimum atomic E-state index is -0.792. The lowest BCUT2D eigenvalue weighted by Crippen LogP contribution is -2.52. The van der Waals surface area contributed by atoms with Crippen LogP contribution in [0.5, 0.6) is 11.5 Å². The number of carbonyl (C=O) groups is 3. The number of ether oxygens (including phenoxy) is 1. The Labute approximate surface area is 234 Å². The van der Waals surface area contributed by atoms with Crippen LogP contribution in [-0.4, -0.2) is 58.8 Å². The second-order valence-electron chi connectivity index (χ2n) is 9.38. The first-order valence-electron chi connectivity index (χ1n) is 12.6. The number of carbonyl (C=O) groups excluding carboxylic acids is 3. The largest absolute Gasteiger partial charge is 0.457 e. The Hall–Kier alpha value is -4.29. The van der Waals surface area contributed by atoms with Gasteiger partial charge in [-0.05, 0) is 74.4 Å². The molecule has 0 spiro atoms. The summed E-state index contributed by atoms with van der Waals surface area (Å²) in [4.78, 5) is 41.1. The molecule has 3 amide bonds. The Morgan fingerprint density at radius 1 is 1.12 bits per heavy atom. The molecule has 0 unspecified atom stereocenters. The number of nitrogens with two attached hydrogens (primary N) is 1. The van der Waals surface area contributed by atoms with E-state index < -0.39 is 23.9 Å². The van der Waals surface area contributed by atoms with Gasteiger partial charge >= 0.3 is 0 Å². The second-order valence-corrected chi connectivity index (χ2v) is 10.3. The van der Waals surface area contributed by atoms with E-state index in [1.807, 2.05) is 0 Å². The highest BCUT2D eigenvalue weighted by Crippen LogP contribution is 2.27. The van der Waals surface area contributed by atoms with Crippen LogP contribution in [0.3, 0.4) is 0 Å². The van der Waals surface area contributed by atoms with Gasteiger partial charge in [-0.1, -0.05) is 0 Å². The van der Waals surface area contributed by atoms with Crippen molar-refractivity contribution in [2.24, 2.45) is 5.73 Å². The molecule has 2 heterocycles. The zero-order valence-corrected chi connectivity index (χ0v) is 22.5. The number of likely N-dealkylation sites (tertiary alicyclic amines) is 1. The molecule has 12 heteroatoms. The second kappa shape index (κ2) is 12.7. The first-order valence-corrected chi connectivity index (χ1v) is 13.5. The number of amides is 3. The third-order valence-corrected chi connectivity index (χ3v) is 7.70. The number of hydrogen-bond acceptors (Lipinski definition) is 7. The Morgan fingerprint density at radius 3 is 2.38 bits per heavy atom. The number of thiophene rings is 1. The zero-order valence-electron chi connectivity index (χ0n) is 21.7. The van der Waals surface area contributed by atoms with Gasteiger partial charge in [0.1, 0.15) is 29.2 Å². The van der Waals surface area contributed by atoms with Crippen LogP contribution in [0.2, 0.25) is 0 Å². The molecule has 1 aromatic heterocycles. The zero-order chi connectivity index (χ0) is 28.8. The summed E-state index contributed by atoms with van der Waals surface area (Å²) in [6.45, 7) is 1.14. The highest BCUT2D eigenvalue weighted by molar-refractivity contribution is 7.10. The van der Waals surface area contributed by atoms with Gasteiger partial charge in [0, 0.05) is 21.4 Å². The van der Waals surface area contributed by atoms with E-state index in [1.165, 1.54) is 52.6 Å². The van der Waals surface area contributed by atoms with Gasteiger partial charge in [-0.3, -0.25) is 19.8 Å². The third-order valence-electron chi connectivity index (χ3n) is 6.59. The summed E-state index contributed by atoms with van der Waals surface area (Å²) in [5.41, 5.74) is 6.39. The average molecular weight is 568 g/mol. The smallest absolute Gasteiger partial charge is 0.251 e. The molecule has 1 fully saturated rings. The van der Waals surface area contributed by atoms with Crippen LogP contribution < -0.4 is 21.1 Å². The van der Waals surface area contributed by atoms with E-state index in [-0.39, 0.29) is 36.8 Å². The summed E-state index contributed by atoms with van der Waals surface area (Å²) >= 11 is 1.37. The van der Waals surface area contributed by atoms with Crippen molar-refractivity contribution in [3.8, 4) is 11.5 Å². The van der Waals surface area contributed by atoms with Gasteiger partial charge in [0.2, 0.25) is 11.8 Å². The number of amidine groups is 1. The monoisotopic (exact) mass is 567 g/mol. The van der Waals surface area contributed by atoms with Crippen LogP contribution in [-0.2, 0) is 9.59 Å². The van der Waals surface area contributed by atoms with Crippen molar-refractivity contribution in [3.63, 3.8) is 0 Å². The molecule has 10 nitrogen and oxygen atoms in total. The number of benzene rings is 2. The topological polar surface area (TPSA) is 158 Å². The standard InChI is InChI=1S/C28H30FN5O5S/c1-16(24-12-18(15-40-24)26(30)31)33-28(38)23-11-6-20(14-35)34(23)25(36)13-32-27(37)17-2-7-21(8-3-17)39-22-9-4-19(29)5-10-22/h2-5,7-10,12,15-16,20,23,35H,6,11,13-14H2,1H3,(H3,30,31)(H,32,37)(H,33,38)/t16-,20+,23+/m1/s1. The quantitative estimate of drug-likeness (QED) is 0.187. The number of rotatable bonds is 10. The van der Waals surface area contributed by atoms with E-state index in [4.69, 9.17) is 15.9 Å². The number of nitrogen functional groups attached to an aromatic ring is 1. The molecule has 0 bridgehead atoms. The van der Waals surface area contributed by atoms with Gasteiger partial charge in [-0.2, -0.15) is 0 Å². The van der Waals surface area contributed by atoms with Crippen molar-refractivity contribution in [3.05, 3.63) is 81.8 Å². The number of nitrogens with zero attached hydrogens (tertiary/aromatic N) is 1. The molecule has 40 heavy (non-hydrogen) atoms. The van der Waals surface area contributed by atoms with Gasteiger partial charge in [0.25, 0.3) is 5.91 Å². The molecule has 6 N–H and O–H groups in total. The molecule has 210 valence electrons. The predicted molar refractivity (Wildman–Crippen MR) is 148 cm³/mol. The highest BCUT2D eigenvalue weighted by atomic mass is 32.1. The van der Waals surface area contributed by atoms with E-state index in [0.29, 0.717) is 35.5 Å². The Morgan fingerprint density at radius 2 is 1.77 bits per heavy atom. The molecule has 0 aliphatic carbocycles. The minimum absolute atomic E-state index is 0.0595. The third kappa shape index (κ3) is 6.82. The number of hydrogen-bond donors (Lipinski definition) is 5. The number of halogens is 1. The molecule has 1 aliphatic heterocycles. The van der Waals surface area contributed by atoms with Crippen LogP contribution in [0.4, 0.5) is 4.39 Å². The molecule has 0 saturated carbocycles. The van der Waals surface area contributed by atoms with E-state index in [1.54, 1.807) is 30.5 Å². The minimum Gasteiger partial charge on any atom is -0.457 e. The van der Waals surface area contributed by atoms with Crippen molar-refractivity contribution in [2.75, 3.05) is 13.2 Å². The Balaban J connectivity index is 1.34. The van der Waals surface area contributed by atoms with Crippen LogP contribution in [0, 0.1) is 11.2 Å². The molecular weight excluding hydrogens is 537 g/mol. The van der Waals surface area contributed by atoms with E-state index >= 15 is 0 Å². The van der Waals surface area contributed by atoms with Gasteiger partial charge < -0.3 is 31.1 Å². The fourth-order valence-electron chi connectivity index (χ4n) is 4.46. The molecule has 1 saturated heterocycles. The van der Waals surface area contributed by atoms with Crippen molar-refractivity contribution in [1.29, 1.82) is 5.41 Å². The lowest BCUT2D eigenvalue weighted by atomic mass is 10.1. The van der Waals surface area contributed by atoms with Crippen molar-refractivity contribution in [1.82, 2.24) is 15.5 Å². The summed E-state index contributed by atoms with van der Waals surface area (Å²) < 4.78 is 18.7. The highest BCUT2D eigenvalue weighted by Gasteiger charge is 2.40. The predicted octanol–water partition coefficient (Wildman–Crippen LogP) is 2.92. The van der Waals surface area contributed by atoms with Gasteiger partial charge in [0.15, 0.2) is 0 Å². The lowest BCUT2D eigenvalue weighted by Gasteiger charge is -2.29. The van der Waals surface area contributed by atoms with Gasteiger partial charge in [-0.25, -0.2) is 4.39 Å². The fourth-order valence-corrected chi connectivity index (χ4v) is 5.38. The molecule has 4 rings (SSSR count). The summed E-state index contributed by atoms with van der Waals surface area (Å²) in [7, 11) is 0. The molecule has 3 aromatic rings. The van der Waals surface area contributed by atoms with Gasteiger partial charge in [-0.15, -0.1) is 11.3 Å². The first kappa shape index (κ1) is 28.7. The number of aliphatic hydroxyl groups is 1. The fraction of sp³-hybridized carbons (Fsp3) is 0.286. The maximum Gasteiger partial charge on any atom is 0.251 e. The summed E-state index contributed by atoms with van der Waals surface area (Å²) in [5.74, 6) is -0.882. The van der Waals surface area contributed by atoms with Crippen molar-refractivity contribution < 1.29 is 28.6 Å². The Kier molecular flexibility index (Phi) is 9.12. The average Bonchev–Trinajstić information content (AvgIpc) is 3.61. The van der Waals surface area contributed by atoms with E-state index in [2.05, 4.69) is 10.6 Å². The molecule has 0 radical (unpaired) electrons. The van der Waals surface area contributed by atoms with Crippen LogP contribution in [0.15, 0.2) is 60.0 Å². The van der Waals surface area contributed by atoms with Crippen molar-refractivity contribution >= 4 is 34.9 Å². The van der Waals surface area contributed by atoms with Crippen molar-refractivity contribution in [2.45, 2.75) is 37.9 Å². The maximum absolute atomic E-state index is 13.1. The molecule has 3 atom stereocenters. The Bertz CT molecular complexity index is 1380. The van der Waals surface area contributed by atoms with E-state index in [0.717, 1.165) is 4.88 Å². The maximum atomic E-state index is 13.1. The summed E-state index contributed by atoms with van der Waals surface area (Å²) in [5, 5.41) is 24.6.